The molecule has 0 aromatic heterocycles. The van der Waals surface area contributed by atoms with Crippen molar-refractivity contribution in [2.75, 3.05) is 0 Å². The number of aliphatic imine (C=N–C) groups is 1. The lowest BCUT2D eigenvalue weighted by Gasteiger charge is -2.09. The Morgan fingerprint density at radius 1 is 1.38 bits per heavy atom. The molecule has 0 aliphatic heterocycles. The molecule has 0 atom stereocenters. The number of rotatable bonds is 1. The van der Waals surface area contributed by atoms with Gasteiger partial charge in [0.25, 0.3) is 0 Å². The maximum atomic E-state index is 4.25. The van der Waals surface area contributed by atoms with E-state index in [1.807, 2.05) is 6.21 Å². The lowest BCUT2D eigenvalue weighted by Crippen LogP contribution is -2.08. The second kappa shape index (κ2) is 2.85. The molecule has 0 aliphatic rings. The van der Waals surface area contributed by atoms with Gasteiger partial charge in [0.1, 0.15) is 0 Å². The van der Waals surface area contributed by atoms with Crippen LogP contribution in [0.3, 0.4) is 0 Å². The van der Waals surface area contributed by atoms with Gasteiger partial charge in [-0.3, -0.25) is 4.99 Å². The molecule has 0 radical (unpaired) electrons. The van der Waals surface area contributed by atoms with Crippen molar-refractivity contribution >= 4 is 6.21 Å². The Hall–Kier alpha value is -0.330. The second-order valence-electron chi connectivity index (χ2n) is 2.89. The molecule has 0 unspecified atom stereocenters. The van der Waals surface area contributed by atoms with Gasteiger partial charge in [-0.15, -0.1) is 0 Å². The highest BCUT2D eigenvalue weighted by Gasteiger charge is 2.02. The Morgan fingerprint density at radius 3 is 2.00 bits per heavy atom. The average Bonchev–Trinajstić information content (AvgIpc) is 1.59. The van der Waals surface area contributed by atoms with Crippen molar-refractivity contribution in [3.8, 4) is 0 Å². The van der Waals surface area contributed by atoms with E-state index in [1.54, 1.807) is 0 Å². The molecule has 0 heterocycles. The summed E-state index contributed by atoms with van der Waals surface area (Å²) in [5.74, 6) is 0. The van der Waals surface area contributed by atoms with Crippen LogP contribution < -0.4 is 0 Å². The molecular weight excluding hydrogens is 98.1 g/mol. The highest BCUT2D eigenvalue weighted by Crippen LogP contribution is 2.04. The summed E-state index contributed by atoms with van der Waals surface area (Å²) in [6.07, 6.45) is 3.00. The zero-order valence-corrected chi connectivity index (χ0v) is 6.23. The van der Waals surface area contributed by atoms with Crippen molar-refractivity contribution in [1.82, 2.24) is 0 Å². The standard InChI is InChI=1S/C7H15N/c1-5-6-8-7(2,3)4/h6H,5H2,1-4H3/b8-6-. The Morgan fingerprint density at radius 2 is 1.88 bits per heavy atom. The van der Waals surface area contributed by atoms with Crippen molar-refractivity contribution in [2.24, 2.45) is 4.99 Å². The molecule has 8 heavy (non-hydrogen) atoms. The van der Waals surface area contributed by atoms with E-state index in [2.05, 4.69) is 32.7 Å². The van der Waals surface area contributed by atoms with Crippen LogP contribution in [0, 0.1) is 0 Å². The minimum Gasteiger partial charge on any atom is -0.292 e. The van der Waals surface area contributed by atoms with E-state index >= 15 is 0 Å². The Bertz CT molecular complexity index is 76.9. The molecular formula is C7H15N. The fourth-order valence-corrected chi connectivity index (χ4v) is 0.365. The van der Waals surface area contributed by atoms with Gasteiger partial charge < -0.3 is 0 Å². The van der Waals surface area contributed by atoms with Crippen LogP contribution in [0.15, 0.2) is 4.99 Å². The van der Waals surface area contributed by atoms with Crippen LogP contribution in [-0.2, 0) is 0 Å². The van der Waals surface area contributed by atoms with E-state index in [9.17, 15) is 0 Å². The van der Waals surface area contributed by atoms with Crippen molar-refractivity contribution in [3.63, 3.8) is 0 Å². The average molecular weight is 113 g/mol. The van der Waals surface area contributed by atoms with Crippen molar-refractivity contribution in [1.29, 1.82) is 0 Å². The second-order valence-corrected chi connectivity index (χ2v) is 2.89. The molecule has 1 heteroatoms. The first-order valence-electron chi connectivity index (χ1n) is 3.10. The van der Waals surface area contributed by atoms with Gasteiger partial charge in [0.15, 0.2) is 0 Å². The third kappa shape index (κ3) is 5.67. The van der Waals surface area contributed by atoms with Gasteiger partial charge in [-0.25, -0.2) is 0 Å². The van der Waals surface area contributed by atoms with E-state index in [0.717, 1.165) is 6.42 Å². The van der Waals surface area contributed by atoms with Gasteiger partial charge in [-0.1, -0.05) is 6.92 Å². The third-order valence-electron chi connectivity index (χ3n) is 0.661. The summed E-state index contributed by atoms with van der Waals surface area (Å²) in [7, 11) is 0. The van der Waals surface area contributed by atoms with Crippen LogP contribution in [0.25, 0.3) is 0 Å². The molecule has 0 saturated carbocycles. The number of hydrogen-bond acceptors (Lipinski definition) is 1. The van der Waals surface area contributed by atoms with Gasteiger partial charge in [0.05, 0.1) is 5.54 Å². The van der Waals surface area contributed by atoms with Crippen LogP contribution in [-0.4, -0.2) is 11.8 Å². The minimum absolute atomic E-state index is 0.121. The molecule has 0 aliphatic carbocycles. The number of hydrogen-bond donors (Lipinski definition) is 0. The molecule has 0 fully saturated rings. The third-order valence-corrected chi connectivity index (χ3v) is 0.661. The Kier molecular flexibility index (Phi) is 2.74. The van der Waals surface area contributed by atoms with Crippen molar-refractivity contribution in [2.45, 2.75) is 39.7 Å². The molecule has 0 amide bonds. The SMILES string of the molecule is CC/C=N\C(C)(C)C. The van der Waals surface area contributed by atoms with Crippen LogP contribution in [0.1, 0.15) is 34.1 Å². The lowest BCUT2D eigenvalue weighted by molar-refractivity contribution is 0.585. The predicted octanol–water partition coefficient (Wildman–Crippen LogP) is 2.27. The predicted molar refractivity (Wildman–Crippen MR) is 38.5 cm³/mol. The molecule has 0 aromatic carbocycles. The van der Waals surface area contributed by atoms with Gasteiger partial charge in [0.2, 0.25) is 0 Å². The summed E-state index contributed by atoms with van der Waals surface area (Å²) in [4.78, 5) is 4.25. The molecule has 0 spiro atoms. The minimum atomic E-state index is 0.121. The highest BCUT2D eigenvalue weighted by atomic mass is 14.8. The largest absolute Gasteiger partial charge is 0.292 e. The van der Waals surface area contributed by atoms with E-state index in [4.69, 9.17) is 0 Å². The first-order chi connectivity index (χ1) is 3.56. The van der Waals surface area contributed by atoms with E-state index in [0.29, 0.717) is 0 Å². The smallest absolute Gasteiger partial charge is 0.0520 e. The summed E-state index contributed by atoms with van der Waals surface area (Å²) in [5.41, 5.74) is 0.121. The fraction of sp³-hybridized carbons (Fsp3) is 0.857. The molecule has 0 bridgehead atoms. The van der Waals surface area contributed by atoms with E-state index in [-0.39, 0.29) is 5.54 Å². The van der Waals surface area contributed by atoms with Gasteiger partial charge in [0, 0.05) is 0 Å². The number of nitrogens with zero attached hydrogens (tertiary/aromatic N) is 1. The molecule has 0 aromatic rings. The maximum Gasteiger partial charge on any atom is 0.0520 e. The van der Waals surface area contributed by atoms with E-state index < -0.39 is 0 Å². The van der Waals surface area contributed by atoms with Crippen LogP contribution in [0.5, 0.6) is 0 Å². The Balaban J connectivity index is 3.52. The molecule has 0 N–H and O–H groups in total. The molecule has 0 rings (SSSR count). The summed E-state index contributed by atoms with van der Waals surface area (Å²) in [6, 6.07) is 0. The first-order valence-corrected chi connectivity index (χ1v) is 3.10. The zero-order chi connectivity index (χ0) is 6.62. The normalized spacial score (nSPS) is 13.0. The lowest BCUT2D eigenvalue weighted by atomic mass is 10.1. The Labute approximate surface area is 51.8 Å². The van der Waals surface area contributed by atoms with Crippen LogP contribution >= 0.6 is 0 Å². The monoisotopic (exact) mass is 113 g/mol. The van der Waals surface area contributed by atoms with Gasteiger partial charge in [-0.2, -0.15) is 0 Å². The summed E-state index contributed by atoms with van der Waals surface area (Å²) >= 11 is 0. The van der Waals surface area contributed by atoms with Crippen molar-refractivity contribution < 1.29 is 0 Å². The zero-order valence-electron chi connectivity index (χ0n) is 6.23. The van der Waals surface area contributed by atoms with Crippen molar-refractivity contribution in [3.05, 3.63) is 0 Å². The first kappa shape index (κ1) is 7.67. The molecule has 1 nitrogen and oxygen atoms in total. The summed E-state index contributed by atoms with van der Waals surface area (Å²) in [5, 5.41) is 0. The van der Waals surface area contributed by atoms with Crippen LogP contribution in [0.2, 0.25) is 0 Å². The topological polar surface area (TPSA) is 12.4 Å². The van der Waals surface area contributed by atoms with Gasteiger partial charge >= 0.3 is 0 Å². The summed E-state index contributed by atoms with van der Waals surface area (Å²) < 4.78 is 0. The van der Waals surface area contributed by atoms with E-state index in [1.165, 1.54) is 0 Å². The quantitative estimate of drug-likeness (QED) is 0.462. The fourth-order valence-electron chi connectivity index (χ4n) is 0.365. The highest BCUT2D eigenvalue weighted by molar-refractivity contribution is 5.57. The molecule has 0 saturated heterocycles. The van der Waals surface area contributed by atoms with Gasteiger partial charge in [-0.05, 0) is 33.4 Å². The summed E-state index contributed by atoms with van der Waals surface area (Å²) in [6.45, 7) is 8.38. The molecule has 48 valence electrons. The maximum absolute atomic E-state index is 4.25. The van der Waals surface area contributed by atoms with Crippen LogP contribution in [0.4, 0.5) is 0 Å².